The van der Waals surface area contributed by atoms with Crippen LogP contribution in [0, 0.1) is 6.92 Å². The average molecular weight is 263 g/mol. The molecule has 1 unspecified atom stereocenters. The number of β-amino-alcohol motifs (C(OH)–C–C–N with tert-alkyl or cyclic N) is 1. The third-order valence-electron chi connectivity index (χ3n) is 3.38. The lowest BCUT2D eigenvalue weighted by atomic mass is 9.95. The fourth-order valence-electron chi connectivity index (χ4n) is 2.37. The molecule has 0 aliphatic carbocycles. The number of likely N-dealkylation sites (tertiary alicyclic amines) is 1. The van der Waals surface area contributed by atoms with Crippen LogP contribution in [0.4, 0.5) is 0 Å². The monoisotopic (exact) mass is 263 g/mol. The molecular weight excluding hydrogens is 242 g/mol. The number of aliphatic hydroxyl groups is 1. The standard InChI is InChI=1S/C15H21NO3/c1-12-5-3-6-13(9-12)19-10-14(17)16-8-4-7-15(2,18)11-16/h3,5-6,9,18H,4,7-8,10-11H2,1-2H3. The smallest absolute Gasteiger partial charge is 0.260 e. The number of ether oxygens (including phenoxy) is 1. The van der Waals surface area contributed by atoms with E-state index < -0.39 is 5.60 Å². The maximum Gasteiger partial charge on any atom is 0.260 e. The second kappa shape index (κ2) is 5.61. The second-order valence-electron chi connectivity index (χ2n) is 5.52. The van der Waals surface area contributed by atoms with Crippen molar-refractivity contribution in [2.75, 3.05) is 19.7 Å². The zero-order valence-electron chi connectivity index (χ0n) is 11.6. The first-order valence-electron chi connectivity index (χ1n) is 6.66. The van der Waals surface area contributed by atoms with Crippen LogP contribution in [0.1, 0.15) is 25.3 Å². The molecule has 1 aromatic rings. The number of nitrogens with zero attached hydrogens (tertiary/aromatic N) is 1. The minimum atomic E-state index is -0.767. The van der Waals surface area contributed by atoms with Gasteiger partial charge in [-0.2, -0.15) is 0 Å². The lowest BCUT2D eigenvalue weighted by Gasteiger charge is -2.36. The number of rotatable bonds is 3. The minimum absolute atomic E-state index is 0.0273. The molecule has 0 radical (unpaired) electrons. The van der Waals surface area contributed by atoms with Crippen LogP contribution in [0.15, 0.2) is 24.3 Å². The van der Waals surface area contributed by atoms with Crippen LogP contribution < -0.4 is 4.74 Å². The van der Waals surface area contributed by atoms with Crippen molar-refractivity contribution in [3.63, 3.8) is 0 Å². The fraction of sp³-hybridized carbons (Fsp3) is 0.533. The van der Waals surface area contributed by atoms with Crippen molar-refractivity contribution >= 4 is 5.91 Å². The zero-order chi connectivity index (χ0) is 13.9. The molecule has 0 saturated carbocycles. The lowest BCUT2D eigenvalue weighted by Crippen LogP contribution is -2.49. The van der Waals surface area contributed by atoms with Gasteiger partial charge in [-0.15, -0.1) is 0 Å². The Hall–Kier alpha value is -1.55. The molecule has 4 heteroatoms. The van der Waals surface area contributed by atoms with Crippen LogP contribution >= 0.6 is 0 Å². The molecule has 0 spiro atoms. The highest BCUT2D eigenvalue weighted by Gasteiger charge is 2.30. The van der Waals surface area contributed by atoms with E-state index in [0.717, 1.165) is 18.4 Å². The van der Waals surface area contributed by atoms with Gasteiger partial charge in [0.05, 0.1) is 5.60 Å². The number of benzene rings is 1. The molecule has 1 N–H and O–H groups in total. The van der Waals surface area contributed by atoms with Gasteiger partial charge < -0.3 is 14.7 Å². The summed E-state index contributed by atoms with van der Waals surface area (Å²) < 4.78 is 5.50. The summed E-state index contributed by atoms with van der Waals surface area (Å²) in [5, 5.41) is 9.98. The largest absolute Gasteiger partial charge is 0.484 e. The van der Waals surface area contributed by atoms with E-state index in [9.17, 15) is 9.90 Å². The first kappa shape index (κ1) is 13.9. The van der Waals surface area contributed by atoms with Gasteiger partial charge in [-0.3, -0.25) is 4.79 Å². The van der Waals surface area contributed by atoms with Crippen LogP contribution in [0.2, 0.25) is 0 Å². The summed E-state index contributed by atoms with van der Waals surface area (Å²) in [5.74, 6) is 0.638. The molecular formula is C15H21NO3. The molecule has 4 nitrogen and oxygen atoms in total. The van der Waals surface area contributed by atoms with Crippen LogP contribution in [-0.4, -0.2) is 41.2 Å². The Morgan fingerprint density at radius 1 is 1.53 bits per heavy atom. The Labute approximate surface area is 114 Å². The number of aryl methyl sites for hydroxylation is 1. The molecule has 1 aromatic carbocycles. The first-order chi connectivity index (χ1) is 8.96. The Morgan fingerprint density at radius 2 is 2.32 bits per heavy atom. The van der Waals surface area contributed by atoms with Crippen LogP contribution in [-0.2, 0) is 4.79 Å². The Kier molecular flexibility index (Phi) is 4.10. The van der Waals surface area contributed by atoms with E-state index in [2.05, 4.69) is 0 Å². The van der Waals surface area contributed by atoms with Crippen LogP contribution in [0.5, 0.6) is 5.75 Å². The second-order valence-corrected chi connectivity index (χ2v) is 5.52. The highest BCUT2D eigenvalue weighted by molar-refractivity contribution is 5.78. The summed E-state index contributed by atoms with van der Waals surface area (Å²) in [6.45, 7) is 4.87. The fourth-order valence-corrected chi connectivity index (χ4v) is 2.37. The topological polar surface area (TPSA) is 49.8 Å². The van der Waals surface area contributed by atoms with E-state index in [1.807, 2.05) is 31.2 Å². The van der Waals surface area contributed by atoms with Crippen molar-refractivity contribution < 1.29 is 14.6 Å². The van der Waals surface area contributed by atoms with E-state index >= 15 is 0 Å². The highest BCUT2D eigenvalue weighted by atomic mass is 16.5. The quantitative estimate of drug-likeness (QED) is 0.904. The van der Waals surface area contributed by atoms with Crippen molar-refractivity contribution in [1.29, 1.82) is 0 Å². The summed E-state index contributed by atoms with van der Waals surface area (Å²) in [6, 6.07) is 7.63. The first-order valence-corrected chi connectivity index (χ1v) is 6.66. The van der Waals surface area contributed by atoms with Gasteiger partial charge in [-0.25, -0.2) is 0 Å². The van der Waals surface area contributed by atoms with Crippen LogP contribution in [0.3, 0.4) is 0 Å². The minimum Gasteiger partial charge on any atom is -0.484 e. The Bertz CT molecular complexity index is 456. The molecule has 1 amide bonds. The summed E-state index contributed by atoms with van der Waals surface area (Å²) in [6.07, 6.45) is 1.58. The molecule has 1 saturated heterocycles. The summed E-state index contributed by atoms with van der Waals surface area (Å²) in [4.78, 5) is 13.7. The predicted octanol–water partition coefficient (Wildman–Crippen LogP) is 1.75. The van der Waals surface area contributed by atoms with Crippen molar-refractivity contribution in [3.8, 4) is 5.75 Å². The van der Waals surface area contributed by atoms with Gasteiger partial charge in [0.25, 0.3) is 5.91 Å². The van der Waals surface area contributed by atoms with Crippen molar-refractivity contribution in [3.05, 3.63) is 29.8 Å². The van der Waals surface area contributed by atoms with E-state index in [1.54, 1.807) is 11.8 Å². The summed E-state index contributed by atoms with van der Waals surface area (Å²) in [5.41, 5.74) is 0.336. The Morgan fingerprint density at radius 3 is 3.00 bits per heavy atom. The number of amides is 1. The summed E-state index contributed by atoms with van der Waals surface area (Å²) in [7, 11) is 0. The maximum atomic E-state index is 12.0. The van der Waals surface area contributed by atoms with E-state index in [4.69, 9.17) is 4.74 Å². The van der Waals surface area contributed by atoms with E-state index in [-0.39, 0.29) is 12.5 Å². The normalized spacial score (nSPS) is 23.2. The third kappa shape index (κ3) is 3.96. The molecule has 1 heterocycles. The number of carbonyl (C=O) groups excluding carboxylic acids is 1. The van der Waals surface area contributed by atoms with Crippen molar-refractivity contribution in [2.45, 2.75) is 32.3 Å². The van der Waals surface area contributed by atoms with Gasteiger partial charge in [0, 0.05) is 13.1 Å². The van der Waals surface area contributed by atoms with Gasteiger partial charge in [0.2, 0.25) is 0 Å². The Balaban J connectivity index is 1.87. The SMILES string of the molecule is Cc1cccc(OCC(=O)N2CCCC(C)(O)C2)c1. The van der Waals surface area contributed by atoms with E-state index in [1.165, 1.54) is 0 Å². The van der Waals surface area contributed by atoms with Gasteiger partial charge >= 0.3 is 0 Å². The van der Waals surface area contributed by atoms with Crippen LogP contribution in [0.25, 0.3) is 0 Å². The molecule has 0 aromatic heterocycles. The third-order valence-corrected chi connectivity index (χ3v) is 3.38. The number of carbonyl (C=O) groups is 1. The van der Waals surface area contributed by atoms with Gasteiger partial charge in [-0.1, -0.05) is 12.1 Å². The van der Waals surface area contributed by atoms with Crippen molar-refractivity contribution in [2.24, 2.45) is 0 Å². The van der Waals surface area contributed by atoms with Crippen molar-refractivity contribution in [1.82, 2.24) is 4.90 Å². The molecule has 1 aliphatic heterocycles. The maximum absolute atomic E-state index is 12.0. The molecule has 104 valence electrons. The number of hydrogen-bond donors (Lipinski definition) is 1. The number of piperidine rings is 1. The molecule has 1 atom stereocenters. The molecule has 1 aliphatic rings. The van der Waals surface area contributed by atoms with Gasteiger partial charge in [-0.05, 0) is 44.4 Å². The highest BCUT2D eigenvalue weighted by Crippen LogP contribution is 2.20. The average Bonchev–Trinajstić information content (AvgIpc) is 2.35. The molecule has 0 bridgehead atoms. The zero-order valence-corrected chi connectivity index (χ0v) is 11.6. The predicted molar refractivity (Wildman–Crippen MR) is 73.1 cm³/mol. The van der Waals surface area contributed by atoms with E-state index in [0.29, 0.717) is 18.8 Å². The van der Waals surface area contributed by atoms with Gasteiger partial charge in [0.15, 0.2) is 6.61 Å². The number of hydrogen-bond acceptors (Lipinski definition) is 3. The summed E-state index contributed by atoms with van der Waals surface area (Å²) >= 11 is 0. The molecule has 2 rings (SSSR count). The molecule has 19 heavy (non-hydrogen) atoms. The lowest BCUT2D eigenvalue weighted by molar-refractivity contribution is -0.139. The molecule has 1 fully saturated rings. The van der Waals surface area contributed by atoms with Gasteiger partial charge in [0.1, 0.15) is 5.75 Å².